The van der Waals surface area contributed by atoms with Gasteiger partial charge in [0, 0.05) is 31.0 Å². The Morgan fingerprint density at radius 1 is 1.24 bits per heavy atom. The molecule has 0 spiro atoms. The van der Waals surface area contributed by atoms with Crippen LogP contribution in [0.5, 0.6) is 5.75 Å². The topological polar surface area (TPSA) is 79.5 Å². The Kier molecular flexibility index (Phi) is 6.53. The average molecular weight is 496 g/mol. The molecule has 2 atom stereocenters. The van der Waals surface area contributed by atoms with Crippen LogP contribution >= 0.6 is 23.4 Å². The molecule has 1 heterocycles. The molecule has 1 aliphatic heterocycles. The molecule has 2 bridgehead atoms. The zero-order valence-electron chi connectivity index (χ0n) is 18.6. The van der Waals surface area contributed by atoms with E-state index in [2.05, 4.69) is 16.0 Å². The van der Waals surface area contributed by atoms with Gasteiger partial charge in [0.25, 0.3) is 5.91 Å². The lowest BCUT2D eigenvalue weighted by Gasteiger charge is -2.40. The Balaban J connectivity index is 1.10. The quantitative estimate of drug-likeness (QED) is 0.514. The first-order chi connectivity index (χ1) is 15.9. The number of hydrogen-bond donors (Lipinski definition) is 3. The van der Waals surface area contributed by atoms with Crippen molar-refractivity contribution >= 4 is 35.2 Å². The minimum absolute atomic E-state index is 0.0116. The van der Waals surface area contributed by atoms with Crippen LogP contribution in [0.4, 0.5) is 4.39 Å². The number of nitrogens with one attached hydrogen (secondary N) is 3. The molecule has 4 aliphatic carbocycles. The predicted octanol–water partition coefficient (Wildman–Crippen LogP) is 3.48. The first kappa shape index (κ1) is 23.2. The lowest BCUT2D eigenvalue weighted by molar-refractivity contribution is -0.135. The van der Waals surface area contributed by atoms with Gasteiger partial charge in [-0.3, -0.25) is 9.59 Å². The maximum Gasteiger partial charge on any atom is 0.258 e. The van der Waals surface area contributed by atoms with Crippen molar-refractivity contribution in [1.29, 1.82) is 0 Å². The number of fused-ring (bicyclic) bond motifs is 1. The highest BCUT2D eigenvalue weighted by Gasteiger charge is 2.60. The zero-order valence-corrected chi connectivity index (χ0v) is 20.2. The molecule has 1 aromatic carbocycles. The second-order valence-electron chi connectivity index (χ2n) is 10.0. The molecule has 180 valence electrons. The van der Waals surface area contributed by atoms with Crippen LogP contribution in [0.15, 0.2) is 18.2 Å². The minimum atomic E-state index is -0.583. The monoisotopic (exact) mass is 495 g/mol. The van der Waals surface area contributed by atoms with Gasteiger partial charge in [0.15, 0.2) is 6.61 Å². The summed E-state index contributed by atoms with van der Waals surface area (Å²) in [7, 11) is 0. The molecule has 9 heteroatoms. The van der Waals surface area contributed by atoms with Crippen LogP contribution < -0.4 is 20.7 Å². The van der Waals surface area contributed by atoms with E-state index in [0.717, 1.165) is 31.2 Å². The first-order valence-electron chi connectivity index (χ1n) is 11.9. The molecule has 6 rings (SSSR count). The van der Waals surface area contributed by atoms with Crippen LogP contribution in [0.25, 0.3) is 0 Å². The average Bonchev–Trinajstić information content (AvgIpc) is 3.56. The molecule has 5 aliphatic rings. The molecule has 5 fully saturated rings. The van der Waals surface area contributed by atoms with Crippen molar-refractivity contribution in [3.8, 4) is 5.75 Å². The molecule has 33 heavy (non-hydrogen) atoms. The van der Waals surface area contributed by atoms with E-state index in [1.54, 1.807) is 0 Å². The van der Waals surface area contributed by atoms with Crippen LogP contribution in [0.3, 0.4) is 0 Å². The van der Waals surface area contributed by atoms with Gasteiger partial charge in [-0.05, 0) is 56.1 Å². The summed E-state index contributed by atoms with van der Waals surface area (Å²) in [6.45, 7) is 1.48. The number of hydrogen-bond acceptors (Lipinski definition) is 5. The van der Waals surface area contributed by atoms with Crippen LogP contribution in [-0.2, 0) is 9.59 Å². The third kappa shape index (κ3) is 4.58. The second-order valence-corrected chi connectivity index (χ2v) is 11.9. The largest absolute Gasteiger partial charge is 0.484 e. The predicted molar refractivity (Wildman–Crippen MR) is 127 cm³/mol. The van der Waals surface area contributed by atoms with Crippen molar-refractivity contribution in [3.05, 3.63) is 29.0 Å². The Bertz CT molecular complexity index is 914. The summed E-state index contributed by atoms with van der Waals surface area (Å²) < 4.78 is 18.9. The lowest BCUT2D eigenvalue weighted by atomic mass is 9.69. The summed E-state index contributed by atoms with van der Waals surface area (Å²) in [6.07, 6.45) is 7.36. The number of carbonyl (C=O) groups is 2. The van der Waals surface area contributed by atoms with E-state index in [1.165, 1.54) is 37.8 Å². The molecule has 4 saturated carbocycles. The second kappa shape index (κ2) is 9.27. The van der Waals surface area contributed by atoms with E-state index in [4.69, 9.17) is 16.3 Å². The maximum absolute atomic E-state index is 13.5. The standard InChI is InChI=1S/C24H31ClFN3O3S/c25-18-6-5-17(9-19(18)26)32-13-21(30)29-20-12-23(10-15(20)11-23)22(31)27-14-24(28-7-8-33-24)16-3-1-2-4-16/h5-6,9,15-16,20,28H,1-4,7-8,10-14H2,(H,27,31)(H,29,30). The SMILES string of the molecule is O=C(COc1ccc(Cl)c(F)c1)NC1CC2(C(=O)NCC3(C4CCCC4)NCCS3)CC1C2. The van der Waals surface area contributed by atoms with Crippen LogP contribution in [0, 0.1) is 23.1 Å². The van der Waals surface area contributed by atoms with E-state index >= 15 is 0 Å². The molecule has 2 amide bonds. The summed E-state index contributed by atoms with van der Waals surface area (Å²) in [6, 6.07) is 4.07. The van der Waals surface area contributed by atoms with Crippen molar-refractivity contribution in [1.82, 2.24) is 16.0 Å². The molecular weight excluding hydrogens is 465 g/mol. The highest BCUT2D eigenvalue weighted by atomic mass is 35.5. The third-order valence-corrected chi connectivity index (χ3v) is 9.84. The van der Waals surface area contributed by atoms with Gasteiger partial charge in [0.05, 0.1) is 15.3 Å². The van der Waals surface area contributed by atoms with E-state index < -0.39 is 5.82 Å². The molecule has 1 aromatic rings. The van der Waals surface area contributed by atoms with Crippen molar-refractivity contribution in [2.75, 3.05) is 25.4 Å². The minimum Gasteiger partial charge on any atom is -0.484 e. The number of benzene rings is 1. The molecule has 6 nitrogen and oxygen atoms in total. The molecule has 0 aromatic heterocycles. The lowest BCUT2D eigenvalue weighted by Crippen LogP contribution is -2.55. The number of rotatable bonds is 8. The van der Waals surface area contributed by atoms with Crippen molar-refractivity contribution in [2.45, 2.75) is 55.9 Å². The molecule has 1 saturated heterocycles. The number of thioether (sulfide) groups is 1. The zero-order chi connectivity index (χ0) is 23.1. The van der Waals surface area contributed by atoms with Crippen molar-refractivity contribution in [3.63, 3.8) is 0 Å². The fourth-order valence-electron chi connectivity index (χ4n) is 6.25. The Hall–Kier alpha value is -1.51. The van der Waals surface area contributed by atoms with Gasteiger partial charge in [0.1, 0.15) is 11.6 Å². The number of ether oxygens (including phenoxy) is 1. The molecule has 0 radical (unpaired) electrons. The smallest absolute Gasteiger partial charge is 0.258 e. The molecule has 2 unspecified atom stereocenters. The van der Waals surface area contributed by atoms with Gasteiger partial charge in [0.2, 0.25) is 5.91 Å². The van der Waals surface area contributed by atoms with E-state index in [1.807, 2.05) is 11.8 Å². The Morgan fingerprint density at radius 2 is 2.03 bits per heavy atom. The summed E-state index contributed by atoms with van der Waals surface area (Å²) in [5.74, 6) is 1.60. The van der Waals surface area contributed by atoms with Gasteiger partial charge < -0.3 is 20.7 Å². The van der Waals surface area contributed by atoms with Gasteiger partial charge in [-0.1, -0.05) is 24.4 Å². The third-order valence-electron chi connectivity index (χ3n) is 7.99. The van der Waals surface area contributed by atoms with Crippen molar-refractivity contribution < 1.29 is 18.7 Å². The van der Waals surface area contributed by atoms with E-state index in [0.29, 0.717) is 24.8 Å². The summed E-state index contributed by atoms with van der Waals surface area (Å²) in [5.41, 5.74) is -0.358. The first-order valence-corrected chi connectivity index (χ1v) is 13.3. The Labute approximate surface area is 203 Å². The molecular formula is C24H31ClFN3O3S. The maximum atomic E-state index is 13.5. The fraction of sp³-hybridized carbons (Fsp3) is 0.667. The summed E-state index contributed by atoms with van der Waals surface area (Å²) >= 11 is 7.64. The van der Waals surface area contributed by atoms with Crippen LogP contribution in [0.2, 0.25) is 5.02 Å². The van der Waals surface area contributed by atoms with Gasteiger partial charge in [-0.15, -0.1) is 11.8 Å². The molecule has 3 N–H and O–H groups in total. The number of carbonyl (C=O) groups excluding carboxylic acids is 2. The van der Waals surface area contributed by atoms with Crippen LogP contribution in [0.1, 0.15) is 44.9 Å². The normalized spacial score (nSPS) is 33.0. The van der Waals surface area contributed by atoms with Gasteiger partial charge in [-0.25, -0.2) is 4.39 Å². The number of halogens is 2. The Morgan fingerprint density at radius 3 is 2.73 bits per heavy atom. The number of amides is 2. The van der Waals surface area contributed by atoms with E-state index in [-0.39, 0.29) is 45.5 Å². The van der Waals surface area contributed by atoms with Gasteiger partial charge >= 0.3 is 0 Å². The fourth-order valence-corrected chi connectivity index (χ4v) is 7.79. The van der Waals surface area contributed by atoms with Gasteiger partial charge in [-0.2, -0.15) is 0 Å². The summed E-state index contributed by atoms with van der Waals surface area (Å²) in [5, 5.41) is 10.0. The van der Waals surface area contributed by atoms with Crippen LogP contribution in [-0.4, -0.2) is 48.2 Å². The van der Waals surface area contributed by atoms with E-state index in [9.17, 15) is 14.0 Å². The highest BCUT2D eigenvalue weighted by molar-refractivity contribution is 8.00. The van der Waals surface area contributed by atoms with Crippen molar-refractivity contribution in [2.24, 2.45) is 17.3 Å². The summed E-state index contributed by atoms with van der Waals surface area (Å²) in [4.78, 5) is 25.6. The highest BCUT2D eigenvalue weighted by Crippen LogP contribution is 2.59.